The van der Waals surface area contributed by atoms with Crippen molar-refractivity contribution in [1.82, 2.24) is 19.3 Å². The molecule has 27 heavy (non-hydrogen) atoms. The van der Waals surface area contributed by atoms with Crippen LogP contribution in [0.3, 0.4) is 0 Å². The summed E-state index contributed by atoms with van der Waals surface area (Å²) in [5.41, 5.74) is 2.97. The van der Waals surface area contributed by atoms with Crippen LogP contribution in [-0.2, 0) is 7.05 Å². The highest BCUT2D eigenvalue weighted by Crippen LogP contribution is 2.41. The summed E-state index contributed by atoms with van der Waals surface area (Å²) in [5, 5.41) is 9.87. The second-order valence-electron chi connectivity index (χ2n) is 8.11. The van der Waals surface area contributed by atoms with Gasteiger partial charge in [-0.1, -0.05) is 18.7 Å². The Morgan fingerprint density at radius 1 is 1.19 bits per heavy atom. The fourth-order valence-electron chi connectivity index (χ4n) is 3.79. The summed E-state index contributed by atoms with van der Waals surface area (Å²) >= 11 is 1.53. The molecule has 1 saturated heterocycles. The normalized spacial score (nSPS) is 18.3. The van der Waals surface area contributed by atoms with Crippen molar-refractivity contribution >= 4 is 23.5 Å². The van der Waals surface area contributed by atoms with Gasteiger partial charge in [0.1, 0.15) is 0 Å². The zero-order chi connectivity index (χ0) is 19.1. The number of carbonyl (C=O) groups is 1. The lowest BCUT2D eigenvalue weighted by Crippen LogP contribution is -2.34. The SMILES string of the molecule is Cc1cc(C(=O)CSc2nnc(N3CCC(C)CC3)n2C2CC2)c(C)n1C. The van der Waals surface area contributed by atoms with Crippen LogP contribution in [0, 0.1) is 19.8 Å². The number of nitrogens with zero attached hydrogens (tertiary/aromatic N) is 5. The molecule has 146 valence electrons. The average molecular weight is 388 g/mol. The molecule has 0 N–H and O–H groups in total. The lowest BCUT2D eigenvalue weighted by Gasteiger charge is -2.31. The van der Waals surface area contributed by atoms with Gasteiger partial charge in [0, 0.05) is 43.1 Å². The predicted molar refractivity (Wildman–Crippen MR) is 109 cm³/mol. The monoisotopic (exact) mass is 387 g/mol. The fourth-order valence-corrected chi connectivity index (χ4v) is 4.67. The first-order valence-corrected chi connectivity index (χ1v) is 10.9. The van der Waals surface area contributed by atoms with Crippen LogP contribution in [-0.4, -0.2) is 44.0 Å². The van der Waals surface area contributed by atoms with Gasteiger partial charge in [0.15, 0.2) is 10.9 Å². The van der Waals surface area contributed by atoms with Gasteiger partial charge in [-0.3, -0.25) is 9.36 Å². The van der Waals surface area contributed by atoms with Crippen molar-refractivity contribution in [3.05, 3.63) is 23.0 Å². The van der Waals surface area contributed by atoms with Crippen molar-refractivity contribution in [3.63, 3.8) is 0 Å². The number of hydrogen-bond donors (Lipinski definition) is 0. The Morgan fingerprint density at radius 2 is 1.89 bits per heavy atom. The lowest BCUT2D eigenvalue weighted by molar-refractivity contribution is 0.102. The quantitative estimate of drug-likeness (QED) is 0.558. The number of aromatic nitrogens is 4. The van der Waals surface area contributed by atoms with E-state index in [9.17, 15) is 4.79 Å². The Hall–Kier alpha value is -1.76. The van der Waals surface area contributed by atoms with E-state index in [1.54, 1.807) is 0 Å². The molecule has 0 aromatic carbocycles. The molecule has 1 aliphatic heterocycles. The third-order valence-electron chi connectivity index (χ3n) is 6.03. The van der Waals surface area contributed by atoms with Crippen LogP contribution in [0.2, 0.25) is 0 Å². The Labute approximate surface area is 165 Å². The first kappa shape index (κ1) is 18.6. The van der Waals surface area contributed by atoms with Gasteiger partial charge >= 0.3 is 0 Å². The molecule has 1 saturated carbocycles. The zero-order valence-electron chi connectivity index (χ0n) is 16.7. The van der Waals surface area contributed by atoms with Gasteiger partial charge in [-0.2, -0.15) is 0 Å². The summed E-state index contributed by atoms with van der Waals surface area (Å²) in [5.74, 6) is 2.38. The second-order valence-corrected chi connectivity index (χ2v) is 9.05. The van der Waals surface area contributed by atoms with Crippen molar-refractivity contribution in [2.45, 2.75) is 57.7 Å². The number of ketones is 1. The van der Waals surface area contributed by atoms with Crippen LogP contribution in [0.5, 0.6) is 0 Å². The van der Waals surface area contributed by atoms with E-state index in [2.05, 4.69) is 31.2 Å². The van der Waals surface area contributed by atoms with E-state index in [0.29, 0.717) is 11.8 Å². The molecular weight excluding hydrogens is 358 g/mol. The molecule has 0 spiro atoms. The van der Waals surface area contributed by atoms with Crippen molar-refractivity contribution < 1.29 is 4.79 Å². The topological polar surface area (TPSA) is 56.0 Å². The Morgan fingerprint density at radius 3 is 2.48 bits per heavy atom. The number of aryl methyl sites for hydroxylation is 1. The number of piperidine rings is 1. The molecule has 0 amide bonds. The number of hydrogen-bond acceptors (Lipinski definition) is 5. The lowest BCUT2D eigenvalue weighted by atomic mass is 10.00. The number of carbonyl (C=O) groups excluding carboxylic acids is 1. The van der Waals surface area contributed by atoms with E-state index in [1.807, 2.05) is 27.0 Å². The molecule has 6 nitrogen and oxygen atoms in total. The first-order valence-electron chi connectivity index (χ1n) is 9.94. The van der Waals surface area contributed by atoms with E-state index in [0.717, 1.165) is 47.1 Å². The maximum Gasteiger partial charge on any atom is 0.228 e. The van der Waals surface area contributed by atoms with E-state index in [4.69, 9.17) is 0 Å². The zero-order valence-corrected chi connectivity index (χ0v) is 17.6. The molecule has 2 fully saturated rings. The maximum atomic E-state index is 12.7. The van der Waals surface area contributed by atoms with E-state index < -0.39 is 0 Å². The molecule has 2 aromatic heterocycles. The van der Waals surface area contributed by atoms with E-state index in [1.165, 1.54) is 37.4 Å². The third kappa shape index (κ3) is 3.66. The van der Waals surface area contributed by atoms with Gasteiger partial charge in [-0.05, 0) is 51.5 Å². The standard InChI is InChI=1S/C20H29N5OS/c1-13-7-9-24(10-8-13)19-21-22-20(25(19)16-5-6-16)27-12-18(26)17-11-14(2)23(4)15(17)3/h11,13,16H,5-10,12H2,1-4H3. The minimum absolute atomic E-state index is 0.167. The van der Waals surface area contributed by atoms with Crippen LogP contribution in [0.15, 0.2) is 11.2 Å². The Bertz CT molecular complexity index is 843. The Balaban J connectivity index is 1.49. The van der Waals surface area contributed by atoms with Gasteiger partial charge in [0.25, 0.3) is 0 Å². The molecular formula is C20H29N5OS. The molecule has 7 heteroatoms. The largest absolute Gasteiger partial charge is 0.351 e. The van der Waals surface area contributed by atoms with Crippen molar-refractivity contribution in [2.24, 2.45) is 13.0 Å². The molecule has 0 radical (unpaired) electrons. The smallest absolute Gasteiger partial charge is 0.228 e. The van der Waals surface area contributed by atoms with Crippen molar-refractivity contribution in [1.29, 1.82) is 0 Å². The van der Waals surface area contributed by atoms with Crippen molar-refractivity contribution in [3.8, 4) is 0 Å². The predicted octanol–water partition coefficient (Wildman–Crippen LogP) is 3.78. The molecule has 4 rings (SSSR count). The summed E-state index contributed by atoms with van der Waals surface area (Å²) < 4.78 is 4.36. The fraction of sp³-hybridized carbons (Fsp3) is 0.650. The molecule has 0 unspecified atom stereocenters. The molecule has 2 aromatic rings. The number of rotatable bonds is 6. The molecule has 3 heterocycles. The Kier molecular flexibility index (Phi) is 5.05. The molecule has 0 atom stereocenters. The summed E-state index contributed by atoms with van der Waals surface area (Å²) in [7, 11) is 2.00. The summed E-state index contributed by atoms with van der Waals surface area (Å²) in [4.78, 5) is 15.1. The molecule has 2 aliphatic rings. The van der Waals surface area contributed by atoms with Crippen LogP contribution in [0.4, 0.5) is 5.95 Å². The number of Topliss-reactive ketones (excluding diaryl/α,β-unsaturated/α-hetero) is 1. The summed E-state index contributed by atoms with van der Waals surface area (Å²) in [6, 6.07) is 2.50. The summed E-state index contributed by atoms with van der Waals surface area (Å²) in [6.45, 7) is 8.47. The second kappa shape index (κ2) is 7.34. The minimum Gasteiger partial charge on any atom is -0.351 e. The van der Waals surface area contributed by atoms with Crippen molar-refractivity contribution in [2.75, 3.05) is 23.7 Å². The highest BCUT2D eigenvalue weighted by molar-refractivity contribution is 7.99. The first-order chi connectivity index (χ1) is 13.0. The van der Waals surface area contributed by atoms with E-state index in [-0.39, 0.29) is 5.78 Å². The molecule has 0 bridgehead atoms. The van der Waals surface area contributed by atoms with Crippen LogP contribution >= 0.6 is 11.8 Å². The van der Waals surface area contributed by atoms with Gasteiger partial charge in [0.05, 0.1) is 5.75 Å². The highest BCUT2D eigenvalue weighted by atomic mass is 32.2. The maximum absolute atomic E-state index is 12.7. The van der Waals surface area contributed by atoms with E-state index >= 15 is 0 Å². The van der Waals surface area contributed by atoms with Gasteiger partial charge in [-0.25, -0.2) is 0 Å². The highest BCUT2D eigenvalue weighted by Gasteiger charge is 2.32. The number of anilines is 1. The van der Waals surface area contributed by atoms with Gasteiger partial charge in [0.2, 0.25) is 5.95 Å². The third-order valence-corrected chi connectivity index (χ3v) is 6.98. The van der Waals surface area contributed by atoms with Gasteiger partial charge < -0.3 is 9.47 Å². The van der Waals surface area contributed by atoms with Crippen LogP contribution in [0.1, 0.15) is 60.4 Å². The summed E-state index contributed by atoms with van der Waals surface area (Å²) in [6.07, 6.45) is 4.80. The minimum atomic E-state index is 0.167. The molecule has 1 aliphatic carbocycles. The van der Waals surface area contributed by atoms with Crippen LogP contribution in [0.25, 0.3) is 0 Å². The average Bonchev–Trinajstić information content (AvgIpc) is 3.36. The number of thioether (sulfide) groups is 1. The van der Waals surface area contributed by atoms with Crippen LogP contribution < -0.4 is 4.90 Å². The van der Waals surface area contributed by atoms with Gasteiger partial charge in [-0.15, -0.1) is 10.2 Å².